The molecule has 0 unspecified atom stereocenters. The summed E-state index contributed by atoms with van der Waals surface area (Å²) in [5.74, 6) is 4.28. The molecule has 2 aromatic carbocycles. The van der Waals surface area contributed by atoms with E-state index in [4.69, 9.17) is 9.47 Å². The van der Waals surface area contributed by atoms with Crippen molar-refractivity contribution in [3.8, 4) is 11.5 Å². The van der Waals surface area contributed by atoms with Crippen LogP contribution >= 0.6 is 0 Å². The fourth-order valence-corrected chi connectivity index (χ4v) is 6.89. The minimum absolute atomic E-state index is 0.0392. The van der Waals surface area contributed by atoms with E-state index in [0.29, 0.717) is 29.8 Å². The highest BCUT2D eigenvalue weighted by molar-refractivity contribution is 5.90. The third-order valence-corrected chi connectivity index (χ3v) is 7.91. The average molecular weight is 420 g/mol. The molecule has 0 spiro atoms. The first-order chi connectivity index (χ1) is 15.1. The van der Waals surface area contributed by atoms with Gasteiger partial charge in [-0.2, -0.15) is 0 Å². The van der Waals surface area contributed by atoms with Crippen molar-refractivity contribution in [3.63, 3.8) is 0 Å². The molecule has 164 valence electrons. The van der Waals surface area contributed by atoms with Crippen molar-refractivity contribution in [1.29, 1.82) is 0 Å². The highest BCUT2D eigenvalue weighted by atomic mass is 16.5. The Kier molecular flexibility index (Phi) is 5.41. The minimum Gasteiger partial charge on any atom is -0.493 e. The van der Waals surface area contributed by atoms with E-state index in [1.54, 1.807) is 14.2 Å². The Morgan fingerprint density at radius 1 is 0.903 bits per heavy atom. The molecule has 4 aliphatic rings. The van der Waals surface area contributed by atoms with Crippen molar-refractivity contribution in [2.75, 3.05) is 19.5 Å². The third-order valence-electron chi connectivity index (χ3n) is 7.91. The molecular formula is C27H33NO3. The molecular weight excluding hydrogens is 386 g/mol. The zero-order valence-electron chi connectivity index (χ0n) is 18.7. The number of rotatable bonds is 7. The number of ether oxygens (including phenoxy) is 2. The van der Waals surface area contributed by atoms with Crippen molar-refractivity contribution in [2.45, 2.75) is 56.8 Å². The topological polar surface area (TPSA) is 47.6 Å². The summed E-state index contributed by atoms with van der Waals surface area (Å²) in [6, 6.07) is 14.6. The molecule has 4 heteroatoms. The molecule has 4 aliphatic carbocycles. The van der Waals surface area contributed by atoms with Crippen LogP contribution in [0.5, 0.6) is 11.5 Å². The summed E-state index contributed by atoms with van der Waals surface area (Å²) in [6.45, 7) is 0. The summed E-state index contributed by atoms with van der Waals surface area (Å²) in [5, 5.41) is 3.07. The van der Waals surface area contributed by atoms with Crippen molar-refractivity contribution < 1.29 is 14.3 Å². The monoisotopic (exact) mass is 419 g/mol. The number of anilines is 1. The van der Waals surface area contributed by atoms with Crippen LogP contribution in [0.1, 0.15) is 56.1 Å². The van der Waals surface area contributed by atoms with E-state index in [1.165, 1.54) is 44.1 Å². The van der Waals surface area contributed by atoms with E-state index < -0.39 is 0 Å². The van der Waals surface area contributed by atoms with Crippen molar-refractivity contribution in [1.82, 2.24) is 0 Å². The van der Waals surface area contributed by atoms with Gasteiger partial charge in [0.25, 0.3) is 0 Å². The Hall–Kier alpha value is -2.49. The highest BCUT2D eigenvalue weighted by Gasteiger charge is 2.51. The van der Waals surface area contributed by atoms with Crippen LogP contribution in [0.25, 0.3) is 0 Å². The lowest BCUT2D eigenvalue weighted by molar-refractivity contribution is -0.116. The lowest BCUT2D eigenvalue weighted by atomic mass is 9.48. The van der Waals surface area contributed by atoms with Crippen LogP contribution in [0.4, 0.5) is 5.69 Å². The Morgan fingerprint density at radius 2 is 1.52 bits per heavy atom. The van der Waals surface area contributed by atoms with E-state index in [9.17, 15) is 4.79 Å². The molecule has 31 heavy (non-hydrogen) atoms. The lowest BCUT2D eigenvalue weighted by Crippen LogP contribution is -2.48. The van der Waals surface area contributed by atoms with Gasteiger partial charge in [-0.05, 0) is 104 Å². The zero-order valence-corrected chi connectivity index (χ0v) is 18.7. The normalized spacial score (nSPS) is 28.4. The Bertz CT molecular complexity index is 914. The van der Waals surface area contributed by atoms with Gasteiger partial charge >= 0.3 is 0 Å². The number of nitrogens with one attached hydrogen (secondary N) is 1. The number of hydrogen-bond donors (Lipinski definition) is 1. The van der Waals surface area contributed by atoms with Crippen molar-refractivity contribution in [2.24, 2.45) is 17.8 Å². The van der Waals surface area contributed by atoms with E-state index in [2.05, 4.69) is 29.6 Å². The summed E-state index contributed by atoms with van der Waals surface area (Å²) >= 11 is 0. The number of carbonyl (C=O) groups excluding carboxylic acids is 1. The summed E-state index contributed by atoms with van der Waals surface area (Å²) in [7, 11) is 3.25. The van der Waals surface area contributed by atoms with Gasteiger partial charge in [-0.25, -0.2) is 0 Å². The van der Waals surface area contributed by atoms with Gasteiger partial charge in [-0.1, -0.05) is 18.2 Å². The third kappa shape index (κ3) is 4.05. The zero-order chi connectivity index (χ0) is 21.4. The first-order valence-corrected chi connectivity index (χ1v) is 11.7. The molecule has 4 nitrogen and oxygen atoms in total. The number of hydrogen-bond acceptors (Lipinski definition) is 3. The van der Waals surface area contributed by atoms with E-state index >= 15 is 0 Å². The molecule has 0 aliphatic heterocycles. The Balaban J connectivity index is 1.19. The van der Waals surface area contributed by atoms with Crippen LogP contribution in [-0.4, -0.2) is 20.1 Å². The Morgan fingerprint density at radius 3 is 2.10 bits per heavy atom. The number of methoxy groups -OCH3 is 2. The second-order valence-electron chi connectivity index (χ2n) is 10.0. The van der Waals surface area contributed by atoms with Crippen LogP contribution in [0, 0.1) is 17.8 Å². The van der Waals surface area contributed by atoms with Gasteiger partial charge in [0.2, 0.25) is 5.91 Å². The first kappa shape index (κ1) is 20.4. The quantitative estimate of drug-likeness (QED) is 0.622. The van der Waals surface area contributed by atoms with Crippen LogP contribution in [0.3, 0.4) is 0 Å². The first-order valence-electron chi connectivity index (χ1n) is 11.7. The molecule has 0 atom stereocenters. The van der Waals surface area contributed by atoms with Crippen molar-refractivity contribution >= 4 is 11.6 Å². The molecule has 1 amide bonds. The molecule has 0 heterocycles. The van der Waals surface area contributed by atoms with Crippen LogP contribution in [-0.2, 0) is 16.6 Å². The number of carbonyl (C=O) groups is 1. The van der Waals surface area contributed by atoms with E-state index in [1.807, 2.05) is 18.2 Å². The maximum absolute atomic E-state index is 12.5. The summed E-state index contributed by atoms with van der Waals surface area (Å²) in [5.41, 5.74) is 3.86. The fraction of sp³-hybridized carbons (Fsp3) is 0.519. The summed E-state index contributed by atoms with van der Waals surface area (Å²) in [4.78, 5) is 12.5. The fourth-order valence-electron chi connectivity index (χ4n) is 6.89. The molecule has 2 aromatic rings. The van der Waals surface area contributed by atoms with Crippen LogP contribution < -0.4 is 14.8 Å². The number of amides is 1. The molecule has 0 radical (unpaired) electrons. The predicted molar refractivity (Wildman–Crippen MR) is 123 cm³/mol. The van der Waals surface area contributed by atoms with E-state index in [0.717, 1.165) is 29.0 Å². The predicted octanol–water partition coefficient (Wildman–Crippen LogP) is 5.74. The second kappa shape index (κ2) is 8.22. The van der Waals surface area contributed by atoms with Gasteiger partial charge < -0.3 is 14.8 Å². The van der Waals surface area contributed by atoms with Gasteiger partial charge in [0, 0.05) is 12.1 Å². The largest absolute Gasteiger partial charge is 0.493 e. The molecule has 1 N–H and O–H groups in total. The Labute approximate surface area is 185 Å². The lowest BCUT2D eigenvalue weighted by Gasteiger charge is -2.57. The second-order valence-corrected chi connectivity index (χ2v) is 10.0. The highest BCUT2D eigenvalue weighted by Crippen LogP contribution is 2.60. The van der Waals surface area contributed by atoms with Gasteiger partial charge in [0.1, 0.15) is 0 Å². The standard InChI is InChI=1S/C27H33NO3/c1-30-24-9-3-18(14-25(24)31-2)4-10-26(29)28-23-7-5-22(6-8-23)27-15-19-11-20(16-27)13-21(12-19)17-27/h3,5-9,14,19-21H,4,10-13,15-17H2,1-2H3,(H,28,29). The molecule has 0 saturated heterocycles. The van der Waals surface area contributed by atoms with Crippen LogP contribution in [0.15, 0.2) is 42.5 Å². The molecule has 6 rings (SSSR count). The molecule has 4 bridgehead atoms. The molecule has 4 fully saturated rings. The maximum Gasteiger partial charge on any atom is 0.224 e. The van der Waals surface area contributed by atoms with Gasteiger partial charge in [-0.15, -0.1) is 0 Å². The summed E-state index contributed by atoms with van der Waals surface area (Å²) in [6.07, 6.45) is 9.61. The molecule has 0 aromatic heterocycles. The smallest absolute Gasteiger partial charge is 0.224 e. The number of benzene rings is 2. The molecule has 4 saturated carbocycles. The van der Waals surface area contributed by atoms with Crippen LogP contribution in [0.2, 0.25) is 0 Å². The average Bonchev–Trinajstić information content (AvgIpc) is 2.77. The van der Waals surface area contributed by atoms with Gasteiger partial charge in [-0.3, -0.25) is 4.79 Å². The maximum atomic E-state index is 12.5. The number of aryl methyl sites for hydroxylation is 1. The van der Waals surface area contributed by atoms with Gasteiger partial charge in [0.05, 0.1) is 14.2 Å². The van der Waals surface area contributed by atoms with E-state index in [-0.39, 0.29) is 5.91 Å². The summed E-state index contributed by atoms with van der Waals surface area (Å²) < 4.78 is 10.6. The minimum atomic E-state index is 0.0392. The van der Waals surface area contributed by atoms with Crippen molar-refractivity contribution in [3.05, 3.63) is 53.6 Å². The van der Waals surface area contributed by atoms with Gasteiger partial charge in [0.15, 0.2) is 11.5 Å². The SMILES string of the molecule is COc1ccc(CCC(=O)Nc2ccc(C34CC5CC(CC(C5)C3)C4)cc2)cc1OC.